The van der Waals surface area contributed by atoms with Crippen molar-refractivity contribution in [3.8, 4) is 0 Å². The molecule has 0 radical (unpaired) electrons. The lowest BCUT2D eigenvalue weighted by molar-refractivity contribution is -0.135. The molecule has 1 aromatic carbocycles. The third kappa shape index (κ3) is 2.63. The summed E-state index contributed by atoms with van der Waals surface area (Å²) in [4.78, 5) is 12.6. The predicted octanol–water partition coefficient (Wildman–Crippen LogP) is 2.39. The second kappa shape index (κ2) is 4.11. The van der Waals surface area contributed by atoms with Crippen LogP contribution in [0.2, 0.25) is 5.02 Å². The van der Waals surface area contributed by atoms with E-state index in [1.807, 2.05) is 23.1 Å². The van der Waals surface area contributed by atoms with E-state index >= 15 is 0 Å². The molecule has 1 saturated carbocycles. The number of anilines is 1. The lowest BCUT2D eigenvalue weighted by Gasteiger charge is -2.22. The van der Waals surface area contributed by atoms with E-state index in [4.69, 9.17) is 16.7 Å². The molecule has 1 aliphatic rings. The zero-order chi connectivity index (χ0) is 10.8. The van der Waals surface area contributed by atoms with Crippen molar-refractivity contribution in [1.29, 1.82) is 0 Å². The summed E-state index contributed by atoms with van der Waals surface area (Å²) in [5.74, 6) is -0.804. The van der Waals surface area contributed by atoms with E-state index in [-0.39, 0.29) is 6.54 Å². The van der Waals surface area contributed by atoms with Crippen molar-refractivity contribution < 1.29 is 9.90 Å². The second-order valence-corrected chi connectivity index (χ2v) is 4.17. The molecular weight excluding hydrogens is 214 g/mol. The van der Waals surface area contributed by atoms with E-state index in [1.165, 1.54) is 0 Å². The molecule has 0 aromatic heterocycles. The first-order valence-electron chi connectivity index (χ1n) is 4.91. The van der Waals surface area contributed by atoms with E-state index in [9.17, 15) is 4.79 Å². The van der Waals surface area contributed by atoms with E-state index < -0.39 is 5.97 Å². The summed E-state index contributed by atoms with van der Waals surface area (Å²) in [5.41, 5.74) is 0.896. The van der Waals surface area contributed by atoms with Crippen molar-refractivity contribution in [2.24, 2.45) is 0 Å². The van der Waals surface area contributed by atoms with Gasteiger partial charge in [-0.2, -0.15) is 0 Å². The summed E-state index contributed by atoms with van der Waals surface area (Å²) in [6.45, 7) is 0.0466. The molecule has 2 rings (SSSR count). The molecule has 0 heterocycles. The van der Waals surface area contributed by atoms with Gasteiger partial charge in [0, 0.05) is 16.8 Å². The second-order valence-electron chi connectivity index (χ2n) is 3.73. The normalized spacial score (nSPS) is 15.0. The van der Waals surface area contributed by atoms with Gasteiger partial charge in [-0.15, -0.1) is 0 Å². The van der Waals surface area contributed by atoms with Gasteiger partial charge in [-0.25, -0.2) is 0 Å². The highest BCUT2D eigenvalue weighted by Gasteiger charge is 2.30. The maximum Gasteiger partial charge on any atom is 0.323 e. The van der Waals surface area contributed by atoms with Crippen molar-refractivity contribution in [2.75, 3.05) is 11.4 Å². The number of nitrogens with zero attached hydrogens (tertiary/aromatic N) is 1. The number of rotatable bonds is 4. The average Bonchev–Trinajstić information content (AvgIpc) is 2.97. The zero-order valence-electron chi connectivity index (χ0n) is 8.19. The molecule has 1 aromatic rings. The van der Waals surface area contributed by atoms with E-state index in [0.717, 1.165) is 18.5 Å². The molecule has 15 heavy (non-hydrogen) atoms. The molecule has 0 amide bonds. The van der Waals surface area contributed by atoms with Crippen LogP contribution in [0.4, 0.5) is 5.69 Å². The summed E-state index contributed by atoms with van der Waals surface area (Å²) < 4.78 is 0. The Hall–Kier alpha value is -1.22. The van der Waals surface area contributed by atoms with Crippen LogP contribution in [0.25, 0.3) is 0 Å². The summed E-state index contributed by atoms with van der Waals surface area (Å²) >= 11 is 5.88. The summed E-state index contributed by atoms with van der Waals surface area (Å²) in [6, 6.07) is 7.71. The van der Waals surface area contributed by atoms with Crippen LogP contribution in [-0.2, 0) is 4.79 Å². The number of carboxylic acids is 1. The fraction of sp³-hybridized carbons (Fsp3) is 0.364. The number of halogens is 1. The summed E-state index contributed by atoms with van der Waals surface area (Å²) in [7, 11) is 0. The topological polar surface area (TPSA) is 40.5 Å². The molecule has 0 aliphatic heterocycles. The number of hydrogen-bond acceptors (Lipinski definition) is 2. The van der Waals surface area contributed by atoms with E-state index in [1.54, 1.807) is 6.07 Å². The molecule has 80 valence electrons. The lowest BCUT2D eigenvalue weighted by Crippen LogP contribution is -2.31. The number of carbonyl (C=O) groups is 1. The molecule has 0 unspecified atom stereocenters. The van der Waals surface area contributed by atoms with Gasteiger partial charge in [0.15, 0.2) is 0 Å². The molecule has 0 atom stereocenters. The monoisotopic (exact) mass is 225 g/mol. The third-order valence-electron chi connectivity index (χ3n) is 2.43. The van der Waals surface area contributed by atoms with Crippen LogP contribution in [0.3, 0.4) is 0 Å². The average molecular weight is 226 g/mol. The quantitative estimate of drug-likeness (QED) is 0.856. The Morgan fingerprint density at radius 3 is 2.80 bits per heavy atom. The number of benzene rings is 1. The van der Waals surface area contributed by atoms with Crippen molar-refractivity contribution >= 4 is 23.3 Å². The first-order valence-corrected chi connectivity index (χ1v) is 5.28. The predicted molar refractivity (Wildman–Crippen MR) is 59.5 cm³/mol. The molecule has 0 spiro atoms. The van der Waals surface area contributed by atoms with Crippen LogP contribution in [0, 0.1) is 0 Å². The molecule has 3 nitrogen and oxygen atoms in total. The van der Waals surface area contributed by atoms with Gasteiger partial charge in [0.05, 0.1) is 0 Å². The smallest absolute Gasteiger partial charge is 0.323 e. The van der Waals surface area contributed by atoms with Crippen molar-refractivity contribution in [3.63, 3.8) is 0 Å². The molecule has 4 heteroatoms. The van der Waals surface area contributed by atoms with Gasteiger partial charge >= 0.3 is 5.97 Å². The maximum atomic E-state index is 10.7. The molecular formula is C11H12ClNO2. The van der Waals surface area contributed by atoms with Crippen LogP contribution in [-0.4, -0.2) is 23.7 Å². The Labute approximate surface area is 93.3 Å². The SMILES string of the molecule is O=C(O)CN(c1cccc(Cl)c1)C1CC1. The largest absolute Gasteiger partial charge is 0.480 e. The van der Waals surface area contributed by atoms with Gasteiger partial charge in [-0.1, -0.05) is 17.7 Å². The van der Waals surface area contributed by atoms with Gasteiger partial charge in [0.25, 0.3) is 0 Å². The Morgan fingerprint density at radius 2 is 2.27 bits per heavy atom. The Balaban J connectivity index is 2.19. The minimum atomic E-state index is -0.804. The standard InChI is InChI=1S/C11H12ClNO2/c12-8-2-1-3-10(6-8)13(7-11(14)15)9-4-5-9/h1-3,6,9H,4-5,7H2,(H,14,15). The Bertz CT molecular complexity index is 377. The van der Waals surface area contributed by atoms with Crippen molar-refractivity contribution in [2.45, 2.75) is 18.9 Å². The number of aliphatic carboxylic acids is 1. The molecule has 1 N–H and O–H groups in total. The lowest BCUT2D eigenvalue weighted by atomic mass is 10.3. The van der Waals surface area contributed by atoms with Gasteiger partial charge in [-0.3, -0.25) is 4.79 Å². The van der Waals surface area contributed by atoms with Gasteiger partial charge in [-0.05, 0) is 31.0 Å². The molecule has 1 aliphatic carbocycles. The van der Waals surface area contributed by atoms with Crippen LogP contribution >= 0.6 is 11.6 Å². The highest BCUT2D eigenvalue weighted by molar-refractivity contribution is 6.30. The fourth-order valence-electron chi connectivity index (χ4n) is 1.62. The highest BCUT2D eigenvalue weighted by atomic mass is 35.5. The summed E-state index contributed by atoms with van der Waals surface area (Å²) in [6.07, 6.45) is 2.14. The first-order chi connectivity index (χ1) is 7.16. The zero-order valence-corrected chi connectivity index (χ0v) is 8.94. The fourth-order valence-corrected chi connectivity index (χ4v) is 1.80. The minimum absolute atomic E-state index is 0.0466. The van der Waals surface area contributed by atoms with Crippen molar-refractivity contribution in [1.82, 2.24) is 0 Å². The molecule has 1 fully saturated rings. The maximum absolute atomic E-state index is 10.7. The van der Waals surface area contributed by atoms with Gasteiger partial charge in [0.2, 0.25) is 0 Å². The van der Waals surface area contributed by atoms with Crippen LogP contribution in [0.1, 0.15) is 12.8 Å². The summed E-state index contributed by atoms with van der Waals surface area (Å²) in [5, 5.41) is 9.46. The van der Waals surface area contributed by atoms with E-state index in [0.29, 0.717) is 11.1 Å². The number of hydrogen-bond donors (Lipinski definition) is 1. The van der Waals surface area contributed by atoms with Gasteiger partial charge < -0.3 is 10.0 Å². The van der Waals surface area contributed by atoms with Crippen LogP contribution in [0.15, 0.2) is 24.3 Å². The first kappa shape index (κ1) is 10.3. The van der Waals surface area contributed by atoms with E-state index in [2.05, 4.69) is 0 Å². The minimum Gasteiger partial charge on any atom is -0.480 e. The van der Waals surface area contributed by atoms with Crippen LogP contribution < -0.4 is 4.90 Å². The van der Waals surface area contributed by atoms with Crippen LogP contribution in [0.5, 0.6) is 0 Å². The Kier molecular flexibility index (Phi) is 2.82. The highest BCUT2D eigenvalue weighted by Crippen LogP contribution is 2.32. The molecule has 0 bridgehead atoms. The third-order valence-corrected chi connectivity index (χ3v) is 2.67. The van der Waals surface area contributed by atoms with Crippen molar-refractivity contribution in [3.05, 3.63) is 29.3 Å². The molecule has 0 saturated heterocycles. The van der Waals surface area contributed by atoms with Gasteiger partial charge in [0.1, 0.15) is 6.54 Å². The Morgan fingerprint density at radius 1 is 1.53 bits per heavy atom. The number of carboxylic acid groups (broad SMARTS) is 1.